The van der Waals surface area contributed by atoms with E-state index in [1.807, 2.05) is 30.3 Å². The van der Waals surface area contributed by atoms with E-state index in [0.717, 1.165) is 11.3 Å². The third-order valence-electron chi connectivity index (χ3n) is 5.89. The predicted octanol–water partition coefficient (Wildman–Crippen LogP) is 3.48. The van der Waals surface area contributed by atoms with E-state index in [2.05, 4.69) is 19.2 Å². The molecule has 1 saturated heterocycles. The number of rotatable bonds is 7. The zero-order valence-electron chi connectivity index (χ0n) is 18.6. The van der Waals surface area contributed by atoms with Crippen molar-refractivity contribution in [3.8, 4) is 11.8 Å². The van der Waals surface area contributed by atoms with Crippen molar-refractivity contribution in [2.75, 3.05) is 20.2 Å². The molecule has 1 aliphatic heterocycles. The van der Waals surface area contributed by atoms with Crippen LogP contribution in [0.5, 0.6) is 5.75 Å². The molecule has 1 heterocycles. The number of sulfonamides is 1. The van der Waals surface area contributed by atoms with Crippen LogP contribution >= 0.6 is 0 Å². The van der Waals surface area contributed by atoms with Crippen LogP contribution in [0.25, 0.3) is 0 Å². The zero-order valence-corrected chi connectivity index (χ0v) is 19.4. The monoisotopic (exact) mass is 455 g/mol. The molecule has 0 spiro atoms. The fraction of sp³-hybridized carbons (Fsp3) is 0.417. The van der Waals surface area contributed by atoms with Crippen LogP contribution in [0.15, 0.2) is 53.4 Å². The lowest BCUT2D eigenvalue weighted by atomic mass is 9.92. The van der Waals surface area contributed by atoms with E-state index < -0.39 is 10.0 Å². The number of hydrogen-bond donors (Lipinski definition) is 1. The molecule has 1 fully saturated rings. The van der Waals surface area contributed by atoms with E-state index in [4.69, 9.17) is 10.00 Å². The van der Waals surface area contributed by atoms with Crippen LogP contribution in [0, 0.1) is 23.2 Å². The molecule has 32 heavy (non-hydrogen) atoms. The first-order chi connectivity index (χ1) is 15.3. The quantitative estimate of drug-likeness (QED) is 0.689. The van der Waals surface area contributed by atoms with Crippen molar-refractivity contribution < 1.29 is 17.9 Å². The summed E-state index contributed by atoms with van der Waals surface area (Å²) in [5.74, 6) is 0.680. The van der Waals surface area contributed by atoms with Crippen molar-refractivity contribution in [1.82, 2.24) is 9.62 Å². The lowest BCUT2D eigenvalue weighted by Crippen LogP contribution is -2.44. The molecule has 1 N–H and O–H groups in total. The van der Waals surface area contributed by atoms with Gasteiger partial charge in [0.1, 0.15) is 5.75 Å². The maximum absolute atomic E-state index is 13.0. The van der Waals surface area contributed by atoms with Crippen molar-refractivity contribution in [3.63, 3.8) is 0 Å². The largest absolute Gasteiger partial charge is 0.497 e. The molecule has 0 radical (unpaired) electrons. The minimum absolute atomic E-state index is 0.0464. The number of methoxy groups -OCH3 is 1. The highest BCUT2D eigenvalue weighted by atomic mass is 32.2. The standard InChI is InChI=1S/C24H29N3O4S/c1-17(2)23(19-6-8-21(31-3)9-7-19)26-24(28)20-12-14-27(15-13-20)32(29,30)22-10-4-18(16-25)5-11-22/h4-11,17,20,23H,12-15H2,1-3H3,(H,26,28). The Bertz CT molecular complexity index is 1070. The first-order valence-electron chi connectivity index (χ1n) is 10.7. The van der Waals surface area contributed by atoms with Crippen molar-refractivity contribution >= 4 is 15.9 Å². The molecule has 1 unspecified atom stereocenters. The SMILES string of the molecule is COc1ccc(C(NC(=O)C2CCN(S(=O)(=O)c3ccc(C#N)cc3)CC2)C(C)C)cc1. The Morgan fingerprint density at radius 2 is 1.69 bits per heavy atom. The molecule has 0 aliphatic carbocycles. The first-order valence-corrected chi connectivity index (χ1v) is 12.1. The number of benzene rings is 2. The molecule has 0 bridgehead atoms. The molecule has 0 aromatic heterocycles. The fourth-order valence-electron chi connectivity index (χ4n) is 3.93. The molecule has 2 aromatic carbocycles. The van der Waals surface area contributed by atoms with Crippen molar-refractivity contribution in [1.29, 1.82) is 5.26 Å². The van der Waals surface area contributed by atoms with Gasteiger partial charge >= 0.3 is 0 Å². The predicted molar refractivity (Wildman–Crippen MR) is 121 cm³/mol. The number of ether oxygens (including phenoxy) is 1. The Morgan fingerprint density at radius 3 is 2.19 bits per heavy atom. The summed E-state index contributed by atoms with van der Waals surface area (Å²) in [6, 6.07) is 15.4. The van der Waals surface area contributed by atoms with Gasteiger partial charge in [-0.2, -0.15) is 9.57 Å². The van der Waals surface area contributed by atoms with Crippen LogP contribution in [0.4, 0.5) is 0 Å². The van der Waals surface area contributed by atoms with Gasteiger partial charge in [-0.05, 0) is 60.7 Å². The van der Waals surface area contributed by atoms with Gasteiger partial charge in [-0.3, -0.25) is 4.79 Å². The molecular formula is C24H29N3O4S. The van der Waals surface area contributed by atoms with Gasteiger partial charge in [-0.1, -0.05) is 26.0 Å². The smallest absolute Gasteiger partial charge is 0.243 e. The summed E-state index contributed by atoms with van der Waals surface area (Å²) >= 11 is 0. The van der Waals surface area contributed by atoms with Gasteiger partial charge < -0.3 is 10.1 Å². The Labute approximate surface area is 190 Å². The zero-order chi connectivity index (χ0) is 23.3. The highest BCUT2D eigenvalue weighted by molar-refractivity contribution is 7.89. The molecule has 170 valence electrons. The van der Waals surface area contributed by atoms with Gasteiger partial charge in [-0.25, -0.2) is 8.42 Å². The molecule has 1 atom stereocenters. The highest BCUT2D eigenvalue weighted by Crippen LogP contribution is 2.27. The van der Waals surface area contributed by atoms with E-state index in [1.54, 1.807) is 7.11 Å². The number of nitrogens with one attached hydrogen (secondary N) is 1. The van der Waals surface area contributed by atoms with E-state index in [9.17, 15) is 13.2 Å². The average Bonchev–Trinajstić information content (AvgIpc) is 2.82. The molecular weight excluding hydrogens is 426 g/mol. The number of carbonyl (C=O) groups excluding carboxylic acids is 1. The average molecular weight is 456 g/mol. The molecule has 8 heteroatoms. The summed E-state index contributed by atoms with van der Waals surface area (Å²) in [5, 5.41) is 12.1. The third-order valence-corrected chi connectivity index (χ3v) is 7.80. The van der Waals surface area contributed by atoms with Crippen LogP contribution in [0.3, 0.4) is 0 Å². The van der Waals surface area contributed by atoms with Gasteiger partial charge in [0.25, 0.3) is 0 Å². The van der Waals surface area contributed by atoms with Crippen molar-refractivity contribution in [2.24, 2.45) is 11.8 Å². The van der Waals surface area contributed by atoms with E-state index >= 15 is 0 Å². The fourth-order valence-corrected chi connectivity index (χ4v) is 5.40. The van der Waals surface area contributed by atoms with Gasteiger partial charge in [0.15, 0.2) is 0 Å². The summed E-state index contributed by atoms with van der Waals surface area (Å²) < 4.78 is 32.4. The number of nitriles is 1. The van der Waals surface area contributed by atoms with Crippen molar-refractivity contribution in [3.05, 3.63) is 59.7 Å². The summed E-state index contributed by atoms with van der Waals surface area (Å²) in [7, 11) is -2.03. The first kappa shape index (κ1) is 23.8. The lowest BCUT2D eigenvalue weighted by Gasteiger charge is -2.32. The second-order valence-corrected chi connectivity index (χ2v) is 10.3. The molecule has 1 aliphatic rings. The number of amides is 1. The van der Waals surface area contributed by atoms with Crippen LogP contribution in [-0.2, 0) is 14.8 Å². The van der Waals surface area contributed by atoms with Gasteiger partial charge in [0.05, 0.1) is 29.7 Å². The van der Waals surface area contributed by atoms with Crippen molar-refractivity contribution in [2.45, 2.75) is 37.6 Å². The number of hydrogen-bond acceptors (Lipinski definition) is 5. The normalized spacial score (nSPS) is 16.3. The Hall–Kier alpha value is -2.89. The van der Waals surface area contributed by atoms with Gasteiger partial charge in [0.2, 0.25) is 15.9 Å². The second kappa shape index (κ2) is 10.2. The van der Waals surface area contributed by atoms with Gasteiger partial charge in [-0.15, -0.1) is 0 Å². The van der Waals surface area contributed by atoms with Crippen LogP contribution in [0.2, 0.25) is 0 Å². The maximum Gasteiger partial charge on any atom is 0.243 e. The van der Waals surface area contributed by atoms with E-state index in [0.29, 0.717) is 18.4 Å². The lowest BCUT2D eigenvalue weighted by molar-refractivity contribution is -0.127. The van der Waals surface area contributed by atoms with Crippen LogP contribution in [0.1, 0.15) is 43.9 Å². The second-order valence-electron chi connectivity index (χ2n) is 8.32. The summed E-state index contributed by atoms with van der Waals surface area (Å²) in [5.41, 5.74) is 1.42. The topological polar surface area (TPSA) is 99.5 Å². The minimum atomic E-state index is -3.64. The van der Waals surface area contributed by atoms with Crippen LogP contribution in [-0.4, -0.2) is 38.8 Å². The Balaban J connectivity index is 1.63. The molecule has 3 rings (SSSR count). The molecule has 0 saturated carbocycles. The number of carbonyl (C=O) groups is 1. The molecule has 2 aromatic rings. The summed E-state index contributed by atoms with van der Waals surface area (Å²) in [6.07, 6.45) is 0.934. The Morgan fingerprint density at radius 1 is 1.09 bits per heavy atom. The third kappa shape index (κ3) is 5.29. The maximum atomic E-state index is 13.0. The Kier molecular flexibility index (Phi) is 7.54. The number of piperidine rings is 1. The molecule has 7 nitrogen and oxygen atoms in total. The van der Waals surface area contributed by atoms with Gasteiger partial charge in [0, 0.05) is 19.0 Å². The summed E-state index contributed by atoms with van der Waals surface area (Å²) in [4.78, 5) is 13.1. The molecule has 1 amide bonds. The highest BCUT2D eigenvalue weighted by Gasteiger charge is 2.33. The van der Waals surface area contributed by atoms with Crippen LogP contribution < -0.4 is 10.1 Å². The number of nitrogens with zero attached hydrogens (tertiary/aromatic N) is 2. The minimum Gasteiger partial charge on any atom is -0.497 e. The van der Waals surface area contributed by atoms with E-state index in [1.165, 1.54) is 28.6 Å². The van der Waals surface area contributed by atoms with E-state index in [-0.39, 0.29) is 41.8 Å². The summed E-state index contributed by atoms with van der Waals surface area (Å²) in [6.45, 7) is 4.69.